The molecule has 6 aliphatic rings. The first-order valence-electron chi connectivity index (χ1n) is 21.7. The van der Waals surface area contributed by atoms with Crippen LogP contribution < -0.4 is 0 Å². The van der Waals surface area contributed by atoms with Gasteiger partial charge in [-0.1, -0.05) is 117 Å². The number of Topliss-reactive ketones (excluding diaryl/α,β-unsaturated/α-hetero) is 1. The third-order valence-corrected chi connectivity index (χ3v) is 16.1. The molecule has 9 unspecified atom stereocenters. The summed E-state index contributed by atoms with van der Waals surface area (Å²) >= 11 is 0. The molecule has 4 aromatic carbocycles. The molecule has 3 fully saturated rings. The number of aliphatic hydroxyl groups is 3. The van der Waals surface area contributed by atoms with Gasteiger partial charge in [-0.05, 0) is 96.2 Å². The highest BCUT2D eigenvalue weighted by atomic mass is 19.4. The minimum absolute atomic E-state index is 0.00452. The summed E-state index contributed by atoms with van der Waals surface area (Å²) in [5.41, 5.74) is -1.88. The molecule has 2 spiro atoms. The average molecular weight is 820 g/mol. The molecule has 0 aliphatic heterocycles. The van der Waals surface area contributed by atoms with E-state index in [0.717, 1.165) is 46.9 Å². The molecule has 9 heteroatoms. The molecule has 3 saturated carbocycles. The van der Waals surface area contributed by atoms with Gasteiger partial charge >= 0.3 is 6.18 Å². The first-order valence-corrected chi connectivity index (χ1v) is 21.7. The number of hydrogen-bond acceptors (Lipinski definition) is 6. The molecule has 0 aromatic heterocycles. The molecular formula is C51H56F3NO5. The van der Waals surface area contributed by atoms with Crippen molar-refractivity contribution in [3.05, 3.63) is 143 Å². The molecule has 10 rings (SSSR count). The van der Waals surface area contributed by atoms with Crippen LogP contribution in [0.1, 0.15) is 85.8 Å². The van der Waals surface area contributed by atoms with Crippen molar-refractivity contribution in [3.8, 4) is 0 Å². The van der Waals surface area contributed by atoms with E-state index in [1.807, 2.05) is 54.6 Å². The number of nitrogens with zero attached hydrogens (tertiary/aromatic N) is 1. The normalized spacial score (nSPS) is 33.6. The highest BCUT2D eigenvalue weighted by molar-refractivity contribution is 6.10. The van der Waals surface area contributed by atoms with E-state index >= 15 is 0 Å². The zero-order valence-corrected chi connectivity index (χ0v) is 34.5. The molecule has 0 radical (unpaired) electrons. The zero-order valence-electron chi connectivity index (χ0n) is 34.5. The summed E-state index contributed by atoms with van der Waals surface area (Å²) in [5, 5.41) is 38.1. The van der Waals surface area contributed by atoms with Crippen molar-refractivity contribution in [3.63, 3.8) is 0 Å². The average Bonchev–Trinajstić information content (AvgIpc) is 3.50. The molecule has 9 atom stereocenters. The summed E-state index contributed by atoms with van der Waals surface area (Å²) in [6, 6.07) is 29.0. The fourth-order valence-corrected chi connectivity index (χ4v) is 13.1. The van der Waals surface area contributed by atoms with Crippen LogP contribution in [-0.2, 0) is 24.1 Å². The van der Waals surface area contributed by atoms with Crippen molar-refractivity contribution >= 4 is 16.6 Å². The Kier molecular flexibility index (Phi) is 10.3. The summed E-state index contributed by atoms with van der Waals surface area (Å²) in [4.78, 5) is 17.1. The van der Waals surface area contributed by atoms with Crippen LogP contribution in [0.3, 0.4) is 0 Å². The van der Waals surface area contributed by atoms with E-state index in [9.17, 15) is 33.3 Å². The van der Waals surface area contributed by atoms with Crippen molar-refractivity contribution in [2.45, 2.75) is 95.9 Å². The Balaban J connectivity index is 1.07. The highest BCUT2D eigenvalue weighted by Crippen LogP contribution is 2.78. The molecule has 0 amide bonds. The molecular weight excluding hydrogens is 764 g/mol. The second kappa shape index (κ2) is 15.1. The Labute approximate surface area is 350 Å². The van der Waals surface area contributed by atoms with Gasteiger partial charge in [0, 0.05) is 47.0 Å². The van der Waals surface area contributed by atoms with E-state index in [0.29, 0.717) is 50.8 Å². The summed E-state index contributed by atoms with van der Waals surface area (Å²) in [7, 11) is 0. The van der Waals surface area contributed by atoms with Crippen LogP contribution in [0.15, 0.2) is 121 Å². The highest BCUT2D eigenvalue weighted by Gasteiger charge is 2.74. The Bertz CT molecular complexity index is 2320. The fraction of sp³-hybridized carbons (Fsp3) is 0.471. The number of fused-ring (bicyclic) bond motifs is 2. The number of rotatable bonds is 12. The van der Waals surface area contributed by atoms with Gasteiger partial charge in [-0.3, -0.25) is 9.69 Å². The Morgan fingerprint density at radius 1 is 0.867 bits per heavy atom. The van der Waals surface area contributed by atoms with Crippen LogP contribution >= 0.6 is 0 Å². The lowest BCUT2D eigenvalue weighted by Crippen LogP contribution is -2.67. The Hall–Kier alpha value is -4.12. The lowest BCUT2D eigenvalue weighted by Gasteiger charge is -2.71. The van der Waals surface area contributed by atoms with Crippen LogP contribution in [-0.4, -0.2) is 63.5 Å². The number of allylic oxidation sites excluding steroid dienone is 4. The maximum absolute atomic E-state index is 15.0. The van der Waals surface area contributed by atoms with E-state index < -0.39 is 51.6 Å². The van der Waals surface area contributed by atoms with Crippen LogP contribution in [0.4, 0.5) is 13.2 Å². The second-order valence-electron chi connectivity index (χ2n) is 19.2. The van der Waals surface area contributed by atoms with Crippen molar-refractivity contribution < 1.29 is 38.0 Å². The monoisotopic (exact) mass is 819 g/mol. The van der Waals surface area contributed by atoms with Gasteiger partial charge in [-0.25, -0.2) is 0 Å². The molecule has 4 aromatic rings. The predicted molar refractivity (Wildman–Crippen MR) is 226 cm³/mol. The summed E-state index contributed by atoms with van der Waals surface area (Å²) < 4.78 is 48.1. The molecule has 6 nitrogen and oxygen atoms in total. The molecule has 316 valence electrons. The minimum atomic E-state index is -4.60. The molecule has 2 bridgehead atoms. The topological polar surface area (TPSA) is 90.2 Å². The number of hydrogen-bond donors (Lipinski definition) is 3. The number of carbonyl (C=O) groups is 1. The van der Waals surface area contributed by atoms with E-state index in [4.69, 9.17) is 4.74 Å². The second-order valence-corrected chi connectivity index (χ2v) is 19.2. The van der Waals surface area contributed by atoms with Gasteiger partial charge in [0.25, 0.3) is 0 Å². The van der Waals surface area contributed by atoms with E-state index in [1.165, 1.54) is 12.1 Å². The van der Waals surface area contributed by atoms with Crippen LogP contribution in [0.5, 0.6) is 0 Å². The number of benzene rings is 4. The SMILES string of the molecule is CC12CCC(O)CC13C=CC1(C(C(=O)c4cccc(C(F)(F)F)c4)=C3)C2CCC2(C)C1CCC2(O)CN(Cc1cccc2ccccc12)CC(O)COCc1ccccc1. The van der Waals surface area contributed by atoms with Gasteiger partial charge in [-0.2, -0.15) is 13.2 Å². The molecule has 0 saturated heterocycles. The van der Waals surface area contributed by atoms with Gasteiger partial charge in [0.05, 0.1) is 36.6 Å². The van der Waals surface area contributed by atoms with Crippen LogP contribution in [0.2, 0.25) is 0 Å². The van der Waals surface area contributed by atoms with E-state index in [-0.39, 0.29) is 42.5 Å². The van der Waals surface area contributed by atoms with Gasteiger partial charge in [0.15, 0.2) is 5.78 Å². The van der Waals surface area contributed by atoms with Crippen molar-refractivity contribution in [2.75, 3.05) is 19.7 Å². The quantitative estimate of drug-likeness (QED) is 0.0975. The number of aliphatic hydroxyl groups excluding tert-OH is 2. The van der Waals surface area contributed by atoms with Gasteiger partial charge in [0.2, 0.25) is 0 Å². The number of ether oxygens (including phenoxy) is 1. The zero-order chi connectivity index (χ0) is 42.1. The maximum Gasteiger partial charge on any atom is 0.416 e. The summed E-state index contributed by atoms with van der Waals surface area (Å²) in [5.74, 6) is -0.604. The maximum atomic E-state index is 15.0. The standard InChI is InChI=1S/C51H56F3NO5/c1-46-21-18-39(56)27-48(46)24-25-50(42(28-48)45(58)36-14-9-16-38(26-36)51(52,53)54)43(46)19-22-47(2)44(50)20-23-49(47,59)33-55(29-37-15-8-13-35-12-6-7-17-41(35)37)30-40(57)32-60-31-34-10-4-3-5-11-34/h3-17,24-26,28,39-40,43-44,56-57,59H,18-23,27,29-33H2,1-2H3. The predicted octanol–water partition coefficient (Wildman–Crippen LogP) is 9.71. The van der Waals surface area contributed by atoms with Crippen molar-refractivity contribution in [1.82, 2.24) is 4.90 Å². The first kappa shape index (κ1) is 41.2. The van der Waals surface area contributed by atoms with Crippen molar-refractivity contribution in [2.24, 2.45) is 33.5 Å². The Morgan fingerprint density at radius 3 is 2.37 bits per heavy atom. The van der Waals surface area contributed by atoms with Gasteiger partial charge in [0.1, 0.15) is 0 Å². The van der Waals surface area contributed by atoms with Crippen LogP contribution in [0.25, 0.3) is 10.8 Å². The smallest absolute Gasteiger partial charge is 0.393 e. The largest absolute Gasteiger partial charge is 0.416 e. The first-order chi connectivity index (χ1) is 28.6. The number of carbonyl (C=O) groups excluding carboxylic acids is 1. The number of alkyl halides is 3. The molecule has 60 heavy (non-hydrogen) atoms. The number of halogens is 3. The van der Waals surface area contributed by atoms with E-state index in [2.05, 4.69) is 55.2 Å². The third kappa shape index (κ3) is 6.62. The lowest BCUT2D eigenvalue weighted by atomic mass is 9.32. The van der Waals surface area contributed by atoms with Crippen LogP contribution in [0, 0.1) is 33.5 Å². The molecule has 0 heterocycles. The minimum Gasteiger partial charge on any atom is -0.393 e. The molecule has 6 aliphatic carbocycles. The van der Waals surface area contributed by atoms with Gasteiger partial charge in [-0.15, -0.1) is 0 Å². The number of ketones is 1. The van der Waals surface area contributed by atoms with Gasteiger partial charge < -0.3 is 20.1 Å². The Morgan fingerprint density at radius 2 is 1.57 bits per heavy atom. The lowest BCUT2D eigenvalue weighted by molar-refractivity contribution is -0.177. The fourth-order valence-electron chi connectivity index (χ4n) is 13.1. The van der Waals surface area contributed by atoms with E-state index in [1.54, 1.807) is 0 Å². The molecule has 3 N–H and O–H groups in total. The summed E-state index contributed by atoms with van der Waals surface area (Å²) in [6.07, 6.45) is 4.84. The summed E-state index contributed by atoms with van der Waals surface area (Å²) in [6.45, 7) is 5.96. The van der Waals surface area contributed by atoms with Crippen molar-refractivity contribution in [1.29, 1.82) is 0 Å². The third-order valence-electron chi connectivity index (χ3n) is 16.1.